The lowest BCUT2D eigenvalue weighted by molar-refractivity contribution is -0.113. The third-order valence-electron chi connectivity index (χ3n) is 7.48. The van der Waals surface area contributed by atoms with E-state index in [1.807, 2.05) is 13.8 Å². The van der Waals surface area contributed by atoms with Crippen LogP contribution >= 0.6 is 11.6 Å². The number of fused-ring (bicyclic) bond motifs is 1. The monoisotopic (exact) mass is 579 g/mol. The van der Waals surface area contributed by atoms with E-state index in [4.69, 9.17) is 22.1 Å². The quantitative estimate of drug-likeness (QED) is 0.270. The summed E-state index contributed by atoms with van der Waals surface area (Å²) in [5.74, 6) is 0.406. The first-order valence-corrected chi connectivity index (χ1v) is 13.8. The largest absolute Gasteiger partial charge is 0.496 e. The normalized spacial score (nSPS) is 16.9. The van der Waals surface area contributed by atoms with Crippen molar-refractivity contribution in [2.75, 3.05) is 64.1 Å². The summed E-state index contributed by atoms with van der Waals surface area (Å²) in [5.41, 5.74) is 9.87. The Morgan fingerprint density at radius 3 is 2.71 bits per heavy atom. The van der Waals surface area contributed by atoms with Crippen molar-refractivity contribution < 1.29 is 14.3 Å². The van der Waals surface area contributed by atoms with Gasteiger partial charge in [0.2, 0.25) is 5.95 Å². The standard InChI is InChI=1S/C28H34ClN9O3/c1-16-14-32-21(17(2)23(16)41-4)15-38-25-22(24(29)34-28(30)35-25)19(27(38)40)13-18-5-6-20(33-18)26(39)31-7-8-37-11-9-36(3)10-12-37/h5-6,13-14,33H,7-12,15H2,1-4H3,(H,31,39)(H2,30,34,35)/b19-13+. The number of nitrogens with two attached hydrogens (primary N) is 1. The molecule has 0 aromatic carbocycles. The molecule has 0 spiro atoms. The first kappa shape index (κ1) is 28.5. The number of carbonyl (C=O) groups is 2. The number of piperazine rings is 1. The Balaban J connectivity index is 1.36. The van der Waals surface area contributed by atoms with Crippen molar-refractivity contribution in [1.82, 2.24) is 35.1 Å². The van der Waals surface area contributed by atoms with Crippen LogP contribution in [0.4, 0.5) is 11.8 Å². The zero-order chi connectivity index (χ0) is 29.3. The molecule has 2 aliphatic rings. The molecule has 1 fully saturated rings. The van der Waals surface area contributed by atoms with Crippen LogP contribution < -0.4 is 20.7 Å². The summed E-state index contributed by atoms with van der Waals surface area (Å²) >= 11 is 6.49. The molecule has 2 amide bonds. The zero-order valence-electron chi connectivity index (χ0n) is 23.6. The van der Waals surface area contributed by atoms with Crippen LogP contribution in [0.25, 0.3) is 11.6 Å². The van der Waals surface area contributed by atoms with Crippen molar-refractivity contribution in [2.45, 2.75) is 20.4 Å². The minimum absolute atomic E-state index is 0.0469. The third kappa shape index (κ3) is 5.90. The highest BCUT2D eigenvalue weighted by molar-refractivity contribution is 6.41. The van der Waals surface area contributed by atoms with E-state index in [-0.39, 0.29) is 35.0 Å². The maximum Gasteiger partial charge on any atom is 0.267 e. The molecule has 0 unspecified atom stereocenters. The molecule has 5 heterocycles. The fourth-order valence-electron chi connectivity index (χ4n) is 5.15. The summed E-state index contributed by atoms with van der Waals surface area (Å²) in [6, 6.07) is 3.42. The summed E-state index contributed by atoms with van der Waals surface area (Å²) in [6.45, 7) is 9.30. The Labute approximate surface area is 243 Å². The van der Waals surface area contributed by atoms with Crippen molar-refractivity contribution in [1.29, 1.82) is 0 Å². The molecule has 0 atom stereocenters. The van der Waals surface area contributed by atoms with Crippen molar-refractivity contribution in [2.24, 2.45) is 0 Å². The van der Waals surface area contributed by atoms with Crippen LogP contribution in [0.2, 0.25) is 5.15 Å². The maximum atomic E-state index is 13.8. The SMILES string of the molecule is COc1c(C)cnc(CN2C(=O)/C(=C/c3ccc(C(=O)NCCN4CCN(C)CC4)[nH]3)c3c(Cl)nc(N)nc32)c1C. The molecule has 12 nitrogen and oxygen atoms in total. The molecule has 2 aliphatic heterocycles. The molecular formula is C28H34ClN9O3. The van der Waals surface area contributed by atoms with Crippen LogP contribution in [0.3, 0.4) is 0 Å². The second kappa shape index (κ2) is 11.9. The van der Waals surface area contributed by atoms with Gasteiger partial charge in [0.15, 0.2) is 5.82 Å². The molecule has 0 bridgehead atoms. The minimum atomic E-state index is -0.338. The van der Waals surface area contributed by atoms with Crippen molar-refractivity contribution in [3.8, 4) is 5.75 Å². The number of likely N-dealkylation sites (N-methyl/N-ethyl adjacent to an activating group) is 1. The highest BCUT2D eigenvalue weighted by Crippen LogP contribution is 2.41. The summed E-state index contributed by atoms with van der Waals surface area (Å²) in [6.07, 6.45) is 3.35. The number of carbonyl (C=O) groups excluding carboxylic acids is 2. The smallest absolute Gasteiger partial charge is 0.267 e. The van der Waals surface area contributed by atoms with Gasteiger partial charge in [-0.15, -0.1) is 0 Å². The number of H-pyrrole nitrogens is 1. The number of aryl methyl sites for hydroxylation is 1. The Hall–Kier alpha value is -4.00. The molecule has 0 aliphatic carbocycles. The van der Waals surface area contributed by atoms with E-state index in [1.165, 1.54) is 4.90 Å². The molecule has 4 N–H and O–H groups in total. The average Bonchev–Trinajstić information content (AvgIpc) is 3.50. The number of aromatic nitrogens is 4. The van der Waals surface area contributed by atoms with E-state index in [1.54, 1.807) is 31.5 Å². The molecule has 0 saturated carbocycles. The predicted molar refractivity (Wildman–Crippen MR) is 158 cm³/mol. The van der Waals surface area contributed by atoms with E-state index in [2.05, 4.69) is 42.1 Å². The van der Waals surface area contributed by atoms with Crippen molar-refractivity contribution >= 4 is 46.8 Å². The zero-order valence-corrected chi connectivity index (χ0v) is 24.4. The number of hydrogen-bond acceptors (Lipinski definition) is 9. The maximum absolute atomic E-state index is 13.8. The van der Waals surface area contributed by atoms with Crippen LogP contribution in [0.1, 0.15) is 38.6 Å². The summed E-state index contributed by atoms with van der Waals surface area (Å²) in [7, 11) is 3.71. The van der Waals surface area contributed by atoms with Gasteiger partial charge in [0.25, 0.3) is 11.8 Å². The molecule has 41 heavy (non-hydrogen) atoms. The van der Waals surface area contributed by atoms with Gasteiger partial charge in [0, 0.05) is 62.3 Å². The summed E-state index contributed by atoms with van der Waals surface area (Å²) in [5, 5.41) is 3.03. The third-order valence-corrected chi connectivity index (χ3v) is 7.76. The van der Waals surface area contributed by atoms with Crippen LogP contribution in [-0.2, 0) is 11.3 Å². The van der Waals surface area contributed by atoms with Crippen molar-refractivity contribution in [3.05, 3.63) is 57.3 Å². The Bertz CT molecular complexity index is 1510. The molecule has 0 radical (unpaired) electrons. The Morgan fingerprint density at radius 1 is 1.22 bits per heavy atom. The number of methoxy groups -OCH3 is 1. The molecule has 216 valence electrons. The average molecular weight is 580 g/mol. The minimum Gasteiger partial charge on any atom is -0.496 e. The van der Waals surface area contributed by atoms with Gasteiger partial charge in [0.05, 0.1) is 30.5 Å². The number of amides is 2. The number of ether oxygens (including phenoxy) is 1. The molecular weight excluding hydrogens is 546 g/mol. The highest BCUT2D eigenvalue weighted by atomic mass is 35.5. The molecule has 1 saturated heterocycles. The number of aromatic amines is 1. The number of hydrogen-bond donors (Lipinski definition) is 3. The van der Waals surface area contributed by atoms with Crippen LogP contribution in [0.5, 0.6) is 5.75 Å². The van der Waals surface area contributed by atoms with Gasteiger partial charge in [-0.3, -0.25) is 24.4 Å². The molecule has 13 heteroatoms. The van der Waals surface area contributed by atoms with E-state index in [0.717, 1.165) is 43.9 Å². The molecule has 3 aromatic heterocycles. The second-order valence-electron chi connectivity index (χ2n) is 10.3. The van der Waals surface area contributed by atoms with E-state index < -0.39 is 0 Å². The number of anilines is 2. The molecule has 5 rings (SSSR count). The van der Waals surface area contributed by atoms with Gasteiger partial charge in [-0.25, -0.2) is 4.98 Å². The van der Waals surface area contributed by atoms with E-state index >= 15 is 0 Å². The summed E-state index contributed by atoms with van der Waals surface area (Å²) < 4.78 is 5.53. The fraction of sp³-hybridized carbons (Fsp3) is 0.393. The Morgan fingerprint density at radius 2 is 1.98 bits per heavy atom. The van der Waals surface area contributed by atoms with E-state index in [0.29, 0.717) is 40.8 Å². The number of nitrogens with one attached hydrogen (secondary N) is 2. The number of pyridine rings is 1. The Kier molecular flexibility index (Phi) is 8.25. The first-order chi connectivity index (χ1) is 19.7. The second-order valence-corrected chi connectivity index (χ2v) is 10.7. The lowest BCUT2D eigenvalue weighted by Gasteiger charge is -2.32. The lowest BCUT2D eigenvalue weighted by Crippen LogP contribution is -2.46. The van der Waals surface area contributed by atoms with Crippen LogP contribution in [-0.4, -0.2) is 95.0 Å². The topological polar surface area (TPSA) is 146 Å². The van der Waals surface area contributed by atoms with Gasteiger partial charge >= 0.3 is 0 Å². The van der Waals surface area contributed by atoms with Gasteiger partial charge in [-0.1, -0.05) is 11.6 Å². The number of nitrogen functional groups attached to an aromatic ring is 1. The van der Waals surface area contributed by atoms with Gasteiger partial charge in [-0.05, 0) is 39.1 Å². The van der Waals surface area contributed by atoms with Gasteiger partial charge in [0.1, 0.15) is 16.6 Å². The number of halogens is 1. The van der Waals surface area contributed by atoms with Gasteiger partial charge in [-0.2, -0.15) is 4.98 Å². The highest BCUT2D eigenvalue weighted by Gasteiger charge is 2.37. The number of nitrogens with zero attached hydrogens (tertiary/aromatic N) is 6. The summed E-state index contributed by atoms with van der Waals surface area (Å²) in [4.78, 5) is 48.7. The predicted octanol–water partition coefficient (Wildman–Crippen LogP) is 2.13. The fourth-order valence-corrected chi connectivity index (χ4v) is 5.43. The van der Waals surface area contributed by atoms with Crippen molar-refractivity contribution in [3.63, 3.8) is 0 Å². The first-order valence-electron chi connectivity index (χ1n) is 13.4. The van der Waals surface area contributed by atoms with Gasteiger partial charge < -0.3 is 25.7 Å². The van der Waals surface area contributed by atoms with Crippen LogP contribution in [0, 0.1) is 13.8 Å². The lowest BCUT2D eigenvalue weighted by atomic mass is 10.1. The van der Waals surface area contributed by atoms with E-state index in [9.17, 15) is 9.59 Å². The number of rotatable bonds is 8. The van der Waals surface area contributed by atoms with Crippen LogP contribution in [0.15, 0.2) is 18.3 Å². The molecule has 3 aromatic rings.